The van der Waals surface area contributed by atoms with Gasteiger partial charge in [-0.3, -0.25) is 19.3 Å². The smallest absolute Gasteiger partial charge is 0.247 e. The van der Waals surface area contributed by atoms with Gasteiger partial charge in [-0.15, -0.1) is 0 Å². The van der Waals surface area contributed by atoms with Gasteiger partial charge in [0.1, 0.15) is 6.04 Å². The van der Waals surface area contributed by atoms with Crippen molar-refractivity contribution in [1.82, 2.24) is 4.90 Å². The summed E-state index contributed by atoms with van der Waals surface area (Å²) < 4.78 is 0. The molecule has 0 spiro atoms. The molecule has 1 N–H and O–H groups in total. The van der Waals surface area contributed by atoms with Crippen molar-refractivity contribution in [2.75, 3.05) is 5.32 Å². The van der Waals surface area contributed by atoms with Gasteiger partial charge >= 0.3 is 0 Å². The summed E-state index contributed by atoms with van der Waals surface area (Å²) in [6, 6.07) is 4.36. The zero-order valence-corrected chi connectivity index (χ0v) is 18.7. The van der Waals surface area contributed by atoms with Crippen molar-refractivity contribution in [3.63, 3.8) is 0 Å². The van der Waals surface area contributed by atoms with Crippen LogP contribution < -0.4 is 5.32 Å². The van der Waals surface area contributed by atoms with Crippen molar-refractivity contribution in [3.05, 3.63) is 28.8 Å². The van der Waals surface area contributed by atoms with Gasteiger partial charge in [0.05, 0.1) is 11.8 Å². The van der Waals surface area contributed by atoms with Crippen molar-refractivity contribution in [3.8, 4) is 0 Å². The summed E-state index contributed by atoms with van der Waals surface area (Å²) in [5.74, 6) is -1.19. The van der Waals surface area contributed by atoms with Crippen LogP contribution in [0.3, 0.4) is 0 Å². The van der Waals surface area contributed by atoms with Gasteiger partial charge in [-0.05, 0) is 49.8 Å². The van der Waals surface area contributed by atoms with E-state index in [1.165, 1.54) is 4.90 Å². The van der Waals surface area contributed by atoms with Crippen molar-refractivity contribution in [2.45, 2.75) is 36.0 Å². The highest BCUT2D eigenvalue weighted by atomic mass is 79.9. The maximum atomic E-state index is 13.0. The van der Waals surface area contributed by atoms with E-state index in [1.807, 2.05) is 13.0 Å². The Hall–Kier alpha value is -0.920. The molecule has 1 heterocycles. The van der Waals surface area contributed by atoms with Crippen LogP contribution in [0.25, 0.3) is 0 Å². The van der Waals surface area contributed by atoms with E-state index in [9.17, 15) is 14.4 Å². The highest BCUT2D eigenvalue weighted by molar-refractivity contribution is 9.12. The third-order valence-corrected chi connectivity index (χ3v) is 9.84. The van der Waals surface area contributed by atoms with Gasteiger partial charge in [0.25, 0.3) is 0 Å². The SMILES string of the molecule is Cc1ccc(NC(=O)[C@H](C)N2C(=O)[C@@H]3[C@H]4C[C@@H]([C@H](Br)[C@@H]4Br)[C@@H]3C2=O)cc1Cl. The molecule has 7 atom stereocenters. The maximum Gasteiger partial charge on any atom is 0.247 e. The van der Waals surface area contributed by atoms with Crippen molar-refractivity contribution in [1.29, 1.82) is 0 Å². The minimum atomic E-state index is -0.863. The molecule has 27 heavy (non-hydrogen) atoms. The van der Waals surface area contributed by atoms with Crippen LogP contribution in [0.4, 0.5) is 5.69 Å². The quantitative estimate of drug-likeness (QED) is 0.490. The molecule has 5 nitrogen and oxygen atoms in total. The second-order valence-corrected chi connectivity index (χ2v) is 10.2. The summed E-state index contributed by atoms with van der Waals surface area (Å²) in [6.45, 7) is 3.47. The number of alkyl halides is 2. The molecule has 2 saturated carbocycles. The third-order valence-electron chi connectivity index (χ3n) is 6.23. The van der Waals surface area contributed by atoms with Gasteiger partial charge in [-0.25, -0.2) is 0 Å². The lowest BCUT2D eigenvalue weighted by Gasteiger charge is -2.28. The number of nitrogens with zero attached hydrogens (tertiary/aromatic N) is 1. The number of anilines is 1. The number of hydrogen-bond donors (Lipinski definition) is 1. The number of hydrogen-bond acceptors (Lipinski definition) is 3. The number of likely N-dealkylation sites (tertiary alicyclic amines) is 1. The van der Waals surface area contributed by atoms with E-state index in [0.29, 0.717) is 10.7 Å². The molecule has 0 unspecified atom stereocenters. The number of nitrogens with one attached hydrogen (secondary N) is 1. The van der Waals surface area contributed by atoms with E-state index in [4.69, 9.17) is 11.6 Å². The normalized spacial score (nSPS) is 35.5. The topological polar surface area (TPSA) is 66.5 Å². The van der Waals surface area contributed by atoms with Crippen LogP contribution in [0.15, 0.2) is 18.2 Å². The van der Waals surface area contributed by atoms with Gasteiger partial charge in [0.2, 0.25) is 17.7 Å². The lowest BCUT2D eigenvalue weighted by atomic mass is 9.81. The Labute approximate surface area is 179 Å². The first-order chi connectivity index (χ1) is 12.7. The number of amides is 3. The average Bonchev–Trinajstić information content (AvgIpc) is 3.22. The van der Waals surface area contributed by atoms with Gasteiger partial charge in [-0.1, -0.05) is 49.5 Å². The van der Waals surface area contributed by atoms with Crippen LogP contribution in [0, 0.1) is 30.6 Å². The van der Waals surface area contributed by atoms with Crippen molar-refractivity contribution < 1.29 is 14.4 Å². The molecule has 144 valence electrons. The lowest BCUT2D eigenvalue weighted by Crippen LogP contribution is -2.46. The molecule has 4 rings (SSSR count). The van der Waals surface area contributed by atoms with Gasteiger partial charge < -0.3 is 5.32 Å². The second-order valence-electron chi connectivity index (χ2n) is 7.68. The molecule has 3 aliphatic rings. The maximum absolute atomic E-state index is 13.0. The number of aryl methyl sites for hydroxylation is 1. The molecular formula is C19H19Br2ClN2O3. The fourth-order valence-electron chi connectivity index (χ4n) is 4.79. The third kappa shape index (κ3) is 2.88. The van der Waals surface area contributed by atoms with E-state index in [1.54, 1.807) is 19.1 Å². The predicted octanol–water partition coefficient (Wildman–Crippen LogP) is 3.75. The zero-order valence-electron chi connectivity index (χ0n) is 14.8. The Balaban J connectivity index is 1.53. The van der Waals surface area contributed by atoms with Gasteiger partial charge in [-0.2, -0.15) is 0 Å². The second kappa shape index (κ2) is 6.85. The number of halogens is 3. The van der Waals surface area contributed by atoms with Crippen molar-refractivity contribution >= 4 is 66.9 Å². The van der Waals surface area contributed by atoms with Gasteiger partial charge in [0, 0.05) is 20.4 Å². The zero-order chi connectivity index (χ0) is 19.6. The molecule has 1 aromatic carbocycles. The van der Waals surface area contributed by atoms with Gasteiger partial charge in [0.15, 0.2) is 0 Å². The summed E-state index contributed by atoms with van der Waals surface area (Å²) >= 11 is 13.4. The molecule has 0 radical (unpaired) electrons. The minimum absolute atomic E-state index is 0.136. The molecule has 1 saturated heterocycles. The first kappa shape index (κ1) is 19.4. The van der Waals surface area contributed by atoms with Crippen LogP contribution in [0.5, 0.6) is 0 Å². The number of carbonyl (C=O) groups excluding carboxylic acids is 3. The summed E-state index contributed by atoms with van der Waals surface area (Å²) in [5, 5.41) is 3.31. The van der Waals surface area contributed by atoms with Crippen LogP contribution >= 0.6 is 43.5 Å². The van der Waals surface area contributed by atoms with E-state index >= 15 is 0 Å². The standard InChI is InChI=1S/C19H19Br2ClN2O3/c1-7-3-4-9(5-12(7)22)23-17(25)8(2)24-18(26)13-10-6-11(14(13)19(24)27)16(21)15(10)20/h3-5,8,10-11,13-16H,6H2,1-2H3,(H,23,25)/t8-,10+,11+,13-,14+,15-,16+/m0/s1. The van der Waals surface area contributed by atoms with Crippen molar-refractivity contribution in [2.24, 2.45) is 23.7 Å². The fourth-order valence-corrected chi connectivity index (χ4v) is 6.84. The Morgan fingerprint density at radius 2 is 1.74 bits per heavy atom. The molecule has 3 amide bonds. The molecule has 1 aromatic rings. The highest BCUT2D eigenvalue weighted by Gasteiger charge is 2.67. The number of fused-ring (bicyclic) bond motifs is 5. The molecular weight excluding hydrogens is 499 g/mol. The Kier molecular flexibility index (Phi) is 4.92. The minimum Gasteiger partial charge on any atom is -0.324 e. The molecule has 2 bridgehead atoms. The first-order valence-electron chi connectivity index (χ1n) is 8.94. The molecule has 2 aliphatic carbocycles. The average molecular weight is 519 g/mol. The van der Waals surface area contributed by atoms with E-state index < -0.39 is 11.9 Å². The number of benzene rings is 1. The fraction of sp³-hybridized carbons (Fsp3) is 0.526. The Morgan fingerprint density at radius 3 is 2.26 bits per heavy atom. The van der Waals surface area contributed by atoms with E-state index in [0.717, 1.165) is 12.0 Å². The lowest BCUT2D eigenvalue weighted by molar-refractivity contribution is -0.146. The molecule has 0 aromatic heterocycles. The number of carbonyl (C=O) groups is 3. The molecule has 8 heteroatoms. The van der Waals surface area contributed by atoms with E-state index in [2.05, 4.69) is 37.2 Å². The highest BCUT2D eigenvalue weighted by Crippen LogP contribution is 2.60. The number of rotatable bonds is 3. The summed E-state index contributed by atoms with van der Waals surface area (Å²) in [7, 11) is 0. The Bertz CT molecular complexity index is 816. The number of imide groups is 1. The van der Waals surface area contributed by atoms with Crippen LogP contribution in [0.1, 0.15) is 18.9 Å². The monoisotopic (exact) mass is 516 g/mol. The summed E-state index contributed by atoms with van der Waals surface area (Å²) in [6.07, 6.45) is 0.870. The van der Waals surface area contributed by atoms with Crippen LogP contribution in [-0.4, -0.2) is 38.3 Å². The summed E-state index contributed by atoms with van der Waals surface area (Å²) in [4.78, 5) is 40.2. The first-order valence-corrected chi connectivity index (χ1v) is 11.2. The van der Waals surface area contributed by atoms with Crippen LogP contribution in [0.2, 0.25) is 5.02 Å². The molecule has 3 fully saturated rings. The molecule has 1 aliphatic heterocycles. The Morgan fingerprint density at radius 1 is 1.19 bits per heavy atom. The van der Waals surface area contributed by atoms with Crippen LogP contribution in [-0.2, 0) is 14.4 Å². The van der Waals surface area contributed by atoms with E-state index in [-0.39, 0.29) is 45.1 Å². The summed E-state index contributed by atoms with van der Waals surface area (Å²) in [5.41, 5.74) is 1.45. The largest absolute Gasteiger partial charge is 0.324 e. The predicted molar refractivity (Wildman–Crippen MR) is 110 cm³/mol.